The third-order valence-electron chi connectivity index (χ3n) is 4.12. The summed E-state index contributed by atoms with van der Waals surface area (Å²) in [5.41, 5.74) is 5.61. The normalized spacial score (nSPS) is 27.8. The Morgan fingerprint density at radius 3 is 2.72 bits per heavy atom. The average molecular weight is 255 g/mol. The molecule has 0 aromatic heterocycles. The van der Waals surface area contributed by atoms with Gasteiger partial charge < -0.3 is 20.3 Å². The molecule has 0 spiro atoms. The van der Waals surface area contributed by atoms with Crippen molar-refractivity contribution in [1.82, 2.24) is 9.80 Å². The Bertz CT molecular complexity index is 277. The van der Waals surface area contributed by atoms with E-state index in [9.17, 15) is 4.79 Å². The zero-order chi connectivity index (χ0) is 13.0. The van der Waals surface area contributed by atoms with Crippen LogP contribution in [0.3, 0.4) is 0 Å². The zero-order valence-corrected chi connectivity index (χ0v) is 11.3. The van der Waals surface area contributed by atoms with Gasteiger partial charge in [-0.2, -0.15) is 0 Å². The molecule has 0 aromatic carbocycles. The molecule has 2 aliphatic rings. The first-order valence-corrected chi connectivity index (χ1v) is 7.04. The van der Waals surface area contributed by atoms with Crippen molar-refractivity contribution in [1.29, 1.82) is 0 Å². The molecular formula is C13H25N3O2. The fourth-order valence-corrected chi connectivity index (χ4v) is 2.80. The first-order valence-electron chi connectivity index (χ1n) is 7.04. The molecule has 1 unspecified atom stereocenters. The SMILES string of the molecule is CCN1CCC(CN2CC(CN)OCC2=O)CC1. The van der Waals surface area contributed by atoms with E-state index in [1.165, 1.54) is 25.9 Å². The molecule has 0 radical (unpaired) electrons. The van der Waals surface area contributed by atoms with Crippen LogP contribution in [0.4, 0.5) is 0 Å². The van der Waals surface area contributed by atoms with Gasteiger partial charge in [0, 0.05) is 19.6 Å². The van der Waals surface area contributed by atoms with E-state index in [0.717, 1.165) is 13.1 Å². The van der Waals surface area contributed by atoms with Crippen molar-refractivity contribution >= 4 is 5.91 Å². The van der Waals surface area contributed by atoms with E-state index in [1.807, 2.05) is 4.90 Å². The second-order valence-electron chi connectivity index (χ2n) is 5.35. The fourth-order valence-electron chi connectivity index (χ4n) is 2.80. The summed E-state index contributed by atoms with van der Waals surface area (Å²) in [6.07, 6.45) is 2.43. The highest BCUT2D eigenvalue weighted by atomic mass is 16.5. The van der Waals surface area contributed by atoms with Gasteiger partial charge in [-0.25, -0.2) is 0 Å². The molecule has 2 heterocycles. The molecule has 2 saturated heterocycles. The predicted molar refractivity (Wildman–Crippen MR) is 70.2 cm³/mol. The minimum absolute atomic E-state index is 0.0263. The van der Waals surface area contributed by atoms with Gasteiger partial charge in [-0.1, -0.05) is 6.92 Å². The molecule has 2 fully saturated rings. The zero-order valence-electron chi connectivity index (χ0n) is 11.3. The van der Waals surface area contributed by atoms with E-state index in [-0.39, 0.29) is 18.6 Å². The molecular weight excluding hydrogens is 230 g/mol. The molecule has 0 aliphatic carbocycles. The summed E-state index contributed by atoms with van der Waals surface area (Å²) in [5, 5.41) is 0. The Balaban J connectivity index is 1.79. The third kappa shape index (κ3) is 3.43. The lowest BCUT2D eigenvalue weighted by Gasteiger charge is -2.37. The highest BCUT2D eigenvalue weighted by Gasteiger charge is 2.28. The predicted octanol–water partition coefficient (Wildman–Crippen LogP) is -0.0956. The van der Waals surface area contributed by atoms with Gasteiger partial charge in [0.15, 0.2) is 0 Å². The number of hydrogen-bond acceptors (Lipinski definition) is 4. The number of likely N-dealkylation sites (tertiary alicyclic amines) is 1. The van der Waals surface area contributed by atoms with E-state index in [4.69, 9.17) is 10.5 Å². The molecule has 2 aliphatic heterocycles. The molecule has 2 N–H and O–H groups in total. The topological polar surface area (TPSA) is 58.8 Å². The van der Waals surface area contributed by atoms with Crippen LogP contribution in [-0.4, -0.2) is 67.7 Å². The highest BCUT2D eigenvalue weighted by molar-refractivity contribution is 5.78. The summed E-state index contributed by atoms with van der Waals surface area (Å²) in [4.78, 5) is 16.2. The van der Waals surface area contributed by atoms with Gasteiger partial charge in [0.05, 0.1) is 6.10 Å². The van der Waals surface area contributed by atoms with Gasteiger partial charge in [0.1, 0.15) is 6.61 Å². The van der Waals surface area contributed by atoms with Crippen LogP contribution < -0.4 is 5.73 Å². The Morgan fingerprint density at radius 2 is 2.11 bits per heavy atom. The van der Waals surface area contributed by atoms with Crippen LogP contribution in [0.25, 0.3) is 0 Å². The number of nitrogens with zero attached hydrogens (tertiary/aromatic N) is 2. The number of amides is 1. The summed E-state index contributed by atoms with van der Waals surface area (Å²) in [7, 11) is 0. The number of ether oxygens (including phenoxy) is 1. The van der Waals surface area contributed by atoms with Crippen molar-refractivity contribution in [3.63, 3.8) is 0 Å². The summed E-state index contributed by atoms with van der Waals surface area (Å²) >= 11 is 0. The van der Waals surface area contributed by atoms with Gasteiger partial charge in [-0.15, -0.1) is 0 Å². The van der Waals surface area contributed by atoms with Crippen molar-refractivity contribution in [2.75, 3.05) is 45.9 Å². The molecule has 18 heavy (non-hydrogen) atoms. The number of piperidine rings is 1. The van der Waals surface area contributed by atoms with Crippen LogP contribution in [0, 0.1) is 5.92 Å². The Labute approximate surface area is 109 Å². The molecule has 0 saturated carbocycles. The largest absolute Gasteiger partial charge is 0.365 e. The molecule has 5 heteroatoms. The van der Waals surface area contributed by atoms with E-state index in [1.54, 1.807) is 0 Å². The van der Waals surface area contributed by atoms with E-state index in [0.29, 0.717) is 19.0 Å². The van der Waals surface area contributed by atoms with Gasteiger partial charge in [0.2, 0.25) is 5.91 Å². The molecule has 2 rings (SSSR count). The first-order chi connectivity index (χ1) is 8.72. The fraction of sp³-hybridized carbons (Fsp3) is 0.923. The van der Waals surface area contributed by atoms with Crippen molar-refractivity contribution < 1.29 is 9.53 Å². The lowest BCUT2D eigenvalue weighted by Crippen LogP contribution is -2.51. The van der Waals surface area contributed by atoms with Crippen molar-refractivity contribution in [3.05, 3.63) is 0 Å². The summed E-state index contributed by atoms with van der Waals surface area (Å²) < 4.78 is 5.37. The third-order valence-corrected chi connectivity index (χ3v) is 4.12. The van der Waals surface area contributed by atoms with Crippen LogP contribution in [0.1, 0.15) is 19.8 Å². The smallest absolute Gasteiger partial charge is 0.248 e. The second-order valence-corrected chi connectivity index (χ2v) is 5.35. The van der Waals surface area contributed by atoms with E-state index >= 15 is 0 Å². The second kappa shape index (κ2) is 6.50. The number of rotatable bonds is 4. The van der Waals surface area contributed by atoms with Crippen LogP contribution in [0.15, 0.2) is 0 Å². The van der Waals surface area contributed by atoms with Crippen LogP contribution in [0.2, 0.25) is 0 Å². The quantitative estimate of drug-likeness (QED) is 0.762. The highest BCUT2D eigenvalue weighted by Crippen LogP contribution is 2.19. The number of carbonyl (C=O) groups excluding carboxylic acids is 1. The van der Waals surface area contributed by atoms with Gasteiger partial charge >= 0.3 is 0 Å². The van der Waals surface area contributed by atoms with E-state index < -0.39 is 0 Å². The maximum Gasteiger partial charge on any atom is 0.248 e. The maximum atomic E-state index is 11.8. The lowest BCUT2D eigenvalue weighted by molar-refractivity contribution is -0.149. The Morgan fingerprint density at radius 1 is 1.39 bits per heavy atom. The lowest BCUT2D eigenvalue weighted by atomic mass is 9.96. The van der Waals surface area contributed by atoms with Crippen molar-refractivity contribution in [2.24, 2.45) is 11.7 Å². The van der Waals surface area contributed by atoms with Gasteiger partial charge in [-0.05, 0) is 38.4 Å². The van der Waals surface area contributed by atoms with E-state index in [2.05, 4.69) is 11.8 Å². The number of carbonyl (C=O) groups is 1. The average Bonchev–Trinajstić information content (AvgIpc) is 2.42. The molecule has 0 aromatic rings. The van der Waals surface area contributed by atoms with Crippen molar-refractivity contribution in [3.8, 4) is 0 Å². The molecule has 0 bridgehead atoms. The maximum absolute atomic E-state index is 11.8. The number of nitrogens with two attached hydrogens (primary N) is 1. The minimum atomic E-state index is 0.0263. The van der Waals surface area contributed by atoms with Gasteiger partial charge in [0.25, 0.3) is 0 Å². The van der Waals surface area contributed by atoms with Crippen LogP contribution >= 0.6 is 0 Å². The summed E-state index contributed by atoms with van der Waals surface area (Å²) in [6.45, 7) is 7.93. The number of hydrogen-bond donors (Lipinski definition) is 1. The van der Waals surface area contributed by atoms with Gasteiger partial charge in [-0.3, -0.25) is 4.79 Å². The van der Waals surface area contributed by atoms with Crippen molar-refractivity contribution in [2.45, 2.75) is 25.9 Å². The molecule has 1 amide bonds. The molecule has 5 nitrogen and oxygen atoms in total. The minimum Gasteiger partial charge on any atom is -0.365 e. The summed E-state index contributed by atoms with van der Waals surface area (Å²) in [5.74, 6) is 0.769. The van der Waals surface area contributed by atoms with Crippen LogP contribution in [-0.2, 0) is 9.53 Å². The Kier molecular flexibility index (Phi) is 4.97. The first kappa shape index (κ1) is 13.8. The Hall–Kier alpha value is -0.650. The number of morpholine rings is 1. The standard InChI is InChI=1S/C13H25N3O2/c1-2-15-5-3-11(4-6-15)8-16-9-12(7-14)18-10-13(16)17/h11-12H,2-10,14H2,1H3. The monoisotopic (exact) mass is 255 g/mol. The van der Waals surface area contributed by atoms with Crippen LogP contribution in [0.5, 0.6) is 0 Å². The summed E-state index contributed by atoms with van der Waals surface area (Å²) in [6, 6.07) is 0. The molecule has 104 valence electrons. The molecule has 1 atom stereocenters.